The summed E-state index contributed by atoms with van der Waals surface area (Å²) in [5.74, 6) is 0. The number of hydrogen-bond acceptors (Lipinski definition) is 2. The minimum atomic E-state index is -1.69. The summed E-state index contributed by atoms with van der Waals surface area (Å²) < 4.78 is 5.99. The van der Waals surface area contributed by atoms with Crippen molar-refractivity contribution in [2.45, 2.75) is 51.7 Å². The molecule has 0 spiro atoms. The molecule has 0 saturated carbocycles. The number of hydrogen-bond donors (Lipinski definition) is 1. The van der Waals surface area contributed by atoms with Crippen LogP contribution in [0.1, 0.15) is 20.3 Å². The topological polar surface area (TPSA) is 29.5 Å². The van der Waals surface area contributed by atoms with Gasteiger partial charge in [0.15, 0.2) is 17.4 Å². The highest BCUT2D eigenvalue weighted by Crippen LogP contribution is 2.22. The summed E-state index contributed by atoms with van der Waals surface area (Å²) >= 11 is 0. The molecule has 0 bridgehead atoms. The molecule has 0 aliphatic heterocycles. The van der Waals surface area contributed by atoms with Gasteiger partial charge in [-0.25, -0.2) is 0 Å². The first kappa shape index (κ1) is 12.4. The van der Waals surface area contributed by atoms with Crippen LogP contribution in [0.5, 0.6) is 0 Å². The molecule has 12 heavy (non-hydrogen) atoms. The van der Waals surface area contributed by atoms with Crippen LogP contribution in [-0.2, 0) is 4.43 Å². The van der Waals surface area contributed by atoms with Crippen LogP contribution in [0.15, 0.2) is 0 Å². The zero-order valence-corrected chi connectivity index (χ0v) is 11.3. The van der Waals surface area contributed by atoms with Gasteiger partial charge in [0.1, 0.15) is 0 Å². The van der Waals surface area contributed by atoms with Crippen LogP contribution < -0.4 is 0 Å². The third-order valence-corrected chi connectivity index (χ3v) is 5.73. The Hall–Kier alpha value is 0.354. The third-order valence-electron chi connectivity index (χ3n) is 2.13. The highest BCUT2D eigenvalue weighted by molar-refractivity contribution is 6.70. The second-order valence-corrected chi connectivity index (χ2v) is 11.6. The molecule has 0 aromatic carbocycles. The van der Waals surface area contributed by atoms with E-state index in [1.54, 1.807) is 0 Å². The molecule has 0 aromatic rings. The summed E-state index contributed by atoms with van der Waals surface area (Å²) in [4.78, 5) is 9.67. The van der Waals surface area contributed by atoms with E-state index in [4.69, 9.17) is 4.43 Å². The average molecular weight is 206 g/mol. The summed E-state index contributed by atoms with van der Waals surface area (Å²) in [7, 11) is -3.19. The van der Waals surface area contributed by atoms with E-state index >= 15 is 0 Å². The molecule has 0 amide bonds. The zero-order valence-electron chi connectivity index (χ0n) is 9.14. The van der Waals surface area contributed by atoms with Crippen LogP contribution in [0.2, 0.25) is 26.2 Å². The Balaban J connectivity index is 4.35. The van der Waals surface area contributed by atoms with E-state index in [1.165, 1.54) is 0 Å². The maximum absolute atomic E-state index is 9.67. The van der Waals surface area contributed by atoms with Crippen molar-refractivity contribution in [3.63, 3.8) is 0 Å². The Morgan fingerprint density at radius 1 is 1.42 bits per heavy atom. The predicted octanol–water partition coefficient (Wildman–Crippen LogP) is 1.89. The lowest BCUT2D eigenvalue weighted by atomic mass is 10.3. The largest absolute Gasteiger partial charge is 0.432 e. The molecule has 2 atom stereocenters. The third kappa shape index (κ3) is 3.84. The highest BCUT2D eigenvalue weighted by Gasteiger charge is 2.35. The van der Waals surface area contributed by atoms with Crippen molar-refractivity contribution in [1.82, 2.24) is 0 Å². The first-order chi connectivity index (χ1) is 5.21. The molecule has 0 heterocycles. The van der Waals surface area contributed by atoms with Crippen molar-refractivity contribution in [1.29, 1.82) is 0 Å². The molecule has 4 heteroatoms. The second-order valence-electron chi connectivity index (χ2n) is 4.56. The highest BCUT2D eigenvalue weighted by atomic mass is 28.4. The minimum absolute atomic E-state index is 0.218. The van der Waals surface area contributed by atoms with Crippen LogP contribution >= 0.6 is 0 Å². The quantitative estimate of drug-likeness (QED) is 0.712. The molecule has 0 fully saturated rings. The van der Waals surface area contributed by atoms with E-state index < -0.39 is 17.4 Å². The lowest BCUT2D eigenvalue weighted by molar-refractivity contribution is 0.140. The average Bonchev–Trinajstić information content (AvgIpc) is 1.83. The molecule has 1 N–H and O–H groups in total. The predicted molar refractivity (Wildman–Crippen MR) is 58.4 cm³/mol. The maximum atomic E-state index is 9.67. The Kier molecular flexibility index (Phi) is 4.16. The van der Waals surface area contributed by atoms with Gasteiger partial charge in [-0.3, -0.25) is 0 Å². The van der Waals surface area contributed by atoms with E-state index in [9.17, 15) is 4.80 Å². The van der Waals surface area contributed by atoms with Crippen LogP contribution in [-0.4, -0.2) is 27.4 Å². The second kappa shape index (κ2) is 4.04. The molecule has 0 aliphatic rings. The van der Waals surface area contributed by atoms with Gasteiger partial charge >= 0.3 is 0 Å². The minimum Gasteiger partial charge on any atom is -0.432 e. The Bertz CT molecular complexity index is 142. The van der Waals surface area contributed by atoms with Crippen molar-refractivity contribution in [2.75, 3.05) is 0 Å². The van der Waals surface area contributed by atoms with E-state index in [0.717, 1.165) is 6.42 Å². The molecule has 2 nitrogen and oxygen atoms in total. The fraction of sp³-hybridized carbons (Fsp3) is 1.00. The van der Waals surface area contributed by atoms with Crippen LogP contribution in [0.3, 0.4) is 0 Å². The fourth-order valence-electron chi connectivity index (χ4n) is 1.15. The van der Waals surface area contributed by atoms with Crippen LogP contribution in [0, 0.1) is 0 Å². The monoisotopic (exact) mass is 206 g/mol. The first-order valence-electron chi connectivity index (χ1n) is 4.59. The molecule has 0 saturated heterocycles. The van der Waals surface area contributed by atoms with Gasteiger partial charge in [-0.1, -0.05) is 6.92 Å². The molecule has 0 rings (SSSR count). The van der Waals surface area contributed by atoms with Gasteiger partial charge in [-0.15, -0.1) is 0 Å². The molecule has 2 unspecified atom stereocenters. The fourth-order valence-corrected chi connectivity index (χ4v) is 5.03. The number of rotatable bonds is 4. The Morgan fingerprint density at radius 3 is 1.92 bits per heavy atom. The Morgan fingerprint density at radius 2 is 1.83 bits per heavy atom. The maximum Gasteiger partial charge on any atom is 0.199 e. The molecular weight excluding hydrogens is 184 g/mol. The summed E-state index contributed by atoms with van der Waals surface area (Å²) in [6, 6.07) is 0. The van der Waals surface area contributed by atoms with Gasteiger partial charge in [-0.05, 0) is 39.5 Å². The molecule has 74 valence electrons. The SMILES string of the molecule is CCC(C)(O[Si](C)(C)C)[SiH](C)O. The summed E-state index contributed by atoms with van der Waals surface area (Å²) in [6.45, 7) is 12.6. The van der Waals surface area contributed by atoms with Gasteiger partial charge in [0.2, 0.25) is 0 Å². The van der Waals surface area contributed by atoms with Gasteiger partial charge < -0.3 is 9.22 Å². The van der Waals surface area contributed by atoms with Gasteiger partial charge in [-0.2, -0.15) is 0 Å². The van der Waals surface area contributed by atoms with E-state index in [-0.39, 0.29) is 5.22 Å². The normalized spacial score (nSPS) is 20.2. The van der Waals surface area contributed by atoms with Gasteiger partial charge in [0.25, 0.3) is 0 Å². The van der Waals surface area contributed by atoms with Crippen molar-refractivity contribution in [3.8, 4) is 0 Å². The lowest BCUT2D eigenvalue weighted by Crippen LogP contribution is -2.49. The smallest absolute Gasteiger partial charge is 0.199 e. The molecular formula is C8H22O2Si2. The van der Waals surface area contributed by atoms with Gasteiger partial charge in [0, 0.05) is 0 Å². The molecule has 0 radical (unpaired) electrons. The van der Waals surface area contributed by atoms with Crippen molar-refractivity contribution >= 4 is 17.4 Å². The summed E-state index contributed by atoms with van der Waals surface area (Å²) in [5.41, 5.74) is 0. The van der Waals surface area contributed by atoms with Gasteiger partial charge in [0.05, 0.1) is 5.22 Å². The summed E-state index contributed by atoms with van der Waals surface area (Å²) in [5, 5.41) is -0.218. The lowest BCUT2D eigenvalue weighted by Gasteiger charge is -2.37. The van der Waals surface area contributed by atoms with Crippen molar-refractivity contribution < 1.29 is 9.22 Å². The van der Waals surface area contributed by atoms with Crippen LogP contribution in [0.4, 0.5) is 0 Å². The molecule has 0 aromatic heterocycles. The van der Waals surface area contributed by atoms with Crippen LogP contribution in [0.25, 0.3) is 0 Å². The van der Waals surface area contributed by atoms with Crippen molar-refractivity contribution in [2.24, 2.45) is 0 Å². The zero-order chi connectivity index (χ0) is 9.99. The van der Waals surface area contributed by atoms with E-state index in [1.807, 2.05) is 13.5 Å². The van der Waals surface area contributed by atoms with E-state index in [0.29, 0.717) is 0 Å². The Labute approximate surface area is 78.8 Å². The summed E-state index contributed by atoms with van der Waals surface area (Å²) in [6.07, 6.45) is 0.918. The molecule has 0 aliphatic carbocycles. The van der Waals surface area contributed by atoms with Crippen molar-refractivity contribution in [3.05, 3.63) is 0 Å². The van der Waals surface area contributed by atoms with E-state index in [2.05, 4.69) is 26.6 Å². The first-order valence-corrected chi connectivity index (χ1v) is 10.2. The standard InChI is InChI=1S/C8H22O2Si2/c1-7-8(2,11(3)9)10-12(4,5)6/h9,11H,7H2,1-6H3.